The maximum Gasteiger partial charge on any atom is 0.243 e. The van der Waals surface area contributed by atoms with Crippen molar-refractivity contribution in [1.29, 1.82) is 0 Å². The van der Waals surface area contributed by atoms with Crippen LogP contribution in [0.5, 0.6) is 0 Å². The molecule has 1 saturated heterocycles. The average Bonchev–Trinajstić information content (AvgIpc) is 2.81. The maximum atomic E-state index is 13.2. The molecule has 1 aliphatic heterocycles. The van der Waals surface area contributed by atoms with Crippen LogP contribution in [0.3, 0.4) is 0 Å². The molecule has 0 saturated carbocycles. The number of sulfonamides is 1. The molecule has 1 aromatic rings. The summed E-state index contributed by atoms with van der Waals surface area (Å²) in [6.45, 7) is 9.88. The maximum absolute atomic E-state index is 13.2. The van der Waals surface area contributed by atoms with Crippen molar-refractivity contribution in [2.24, 2.45) is 0 Å². The minimum absolute atomic E-state index is 0.125. The topological polar surface area (TPSA) is 57.7 Å². The summed E-state index contributed by atoms with van der Waals surface area (Å²) in [5, 5.41) is 0. The van der Waals surface area contributed by atoms with Crippen molar-refractivity contribution in [3.05, 3.63) is 29.3 Å². The van der Waals surface area contributed by atoms with Gasteiger partial charge in [-0.2, -0.15) is 4.31 Å². The number of amides is 1. The van der Waals surface area contributed by atoms with Gasteiger partial charge in [0.25, 0.3) is 0 Å². The van der Waals surface area contributed by atoms with Crippen LogP contribution in [0.4, 0.5) is 0 Å². The Morgan fingerprint density at radius 3 is 2.52 bits per heavy atom. The minimum atomic E-state index is -3.54. The fourth-order valence-corrected chi connectivity index (χ4v) is 4.88. The first-order valence-electron chi connectivity index (χ1n) is 9.15. The number of carbonyl (C=O) groups excluding carboxylic acids is 1. The first kappa shape index (κ1) is 19.9. The zero-order valence-corrected chi connectivity index (χ0v) is 16.6. The van der Waals surface area contributed by atoms with Crippen LogP contribution in [-0.4, -0.2) is 49.7 Å². The molecule has 6 heteroatoms. The zero-order valence-electron chi connectivity index (χ0n) is 15.8. The molecular weight excluding hydrogens is 336 g/mol. The van der Waals surface area contributed by atoms with Crippen LogP contribution in [0.2, 0.25) is 0 Å². The number of benzene rings is 1. The number of hydrogen-bond acceptors (Lipinski definition) is 3. The Labute approximate surface area is 152 Å². The van der Waals surface area contributed by atoms with E-state index in [2.05, 4.69) is 13.8 Å². The molecule has 1 heterocycles. The number of nitrogens with zero attached hydrogens (tertiary/aromatic N) is 2. The summed E-state index contributed by atoms with van der Waals surface area (Å²) in [5.41, 5.74) is 1.80. The fraction of sp³-hybridized carbons (Fsp3) is 0.632. The van der Waals surface area contributed by atoms with Crippen LogP contribution < -0.4 is 0 Å². The van der Waals surface area contributed by atoms with Crippen molar-refractivity contribution in [3.63, 3.8) is 0 Å². The Bertz CT molecular complexity index is 713. The van der Waals surface area contributed by atoms with E-state index in [1.54, 1.807) is 15.3 Å². The predicted molar refractivity (Wildman–Crippen MR) is 100 cm³/mol. The third-order valence-electron chi connectivity index (χ3n) is 4.77. The van der Waals surface area contributed by atoms with E-state index < -0.39 is 10.0 Å². The SMILES string of the molecule is CCCC(=O)N1CCCN(S(=O)(=O)c2cc(C(C)C)ccc2C)CC1. The van der Waals surface area contributed by atoms with Crippen molar-refractivity contribution < 1.29 is 13.2 Å². The lowest BCUT2D eigenvalue weighted by Gasteiger charge is -2.23. The predicted octanol–water partition coefficient (Wildman–Crippen LogP) is 3.14. The third-order valence-corrected chi connectivity index (χ3v) is 6.81. The molecule has 1 fully saturated rings. The monoisotopic (exact) mass is 366 g/mol. The molecule has 2 rings (SSSR count). The Kier molecular flexibility index (Phi) is 6.63. The van der Waals surface area contributed by atoms with Crippen LogP contribution >= 0.6 is 0 Å². The smallest absolute Gasteiger partial charge is 0.243 e. The molecule has 0 spiro atoms. The summed E-state index contributed by atoms with van der Waals surface area (Å²) in [5.74, 6) is 0.403. The van der Waals surface area contributed by atoms with Gasteiger partial charge in [-0.05, 0) is 42.9 Å². The third kappa shape index (κ3) is 4.61. The normalized spacial score (nSPS) is 16.9. The van der Waals surface area contributed by atoms with Gasteiger partial charge in [-0.3, -0.25) is 4.79 Å². The first-order valence-corrected chi connectivity index (χ1v) is 10.6. The lowest BCUT2D eigenvalue weighted by atomic mass is 10.0. The molecule has 140 valence electrons. The van der Waals surface area contributed by atoms with Crippen LogP contribution in [0.1, 0.15) is 57.1 Å². The Morgan fingerprint density at radius 1 is 1.16 bits per heavy atom. The van der Waals surface area contributed by atoms with Gasteiger partial charge in [-0.1, -0.05) is 32.9 Å². The first-order chi connectivity index (χ1) is 11.8. The lowest BCUT2D eigenvalue weighted by molar-refractivity contribution is -0.131. The van der Waals surface area contributed by atoms with E-state index in [0.717, 1.165) is 17.5 Å². The van der Waals surface area contributed by atoms with Gasteiger partial charge in [0, 0.05) is 32.6 Å². The van der Waals surface area contributed by atoms with Crippen LogP contribution in [0, 0.1) is 6.92 Å². The van der Waals surface area contributed by atoms with Crippen molar-refractivity contribution >= 4 is 15.9 Å². The highest BCUT2D eigenvalue weighted by atomic mass is 32.2. The second kappa shape index (κ2) is 8.32. The molecule has 0 aromatic heterocycles. The van der Waals surface area contributed by atoms with Gasteiger partial charge >= 0.3 is 0 Å². The van der Waals surface area contributed by atoms with Gasteiger partial charge in [-0.25, -0.2) is 8.42 Å². The zero-order chi connectivity index (χ0) is 18.6. The number of aryl methyl sites for hydroxylation is 1. The number of rotatable bonds is 5. The second-order valence-corrected chi connectivity index (χ2v) is 8.97. The standard InChI is InChI=1S/C19H30N2O3S/c1-5-7-19(22)20-10-6-11-21(13-12-20)25(23,24)18-14-17(15(2)3)9-8-16(18)4/h8-9,14-15H,5-7,10-13H2,1-4H3. The Hall–Kier alpha value is -1.40. The number of hydrogen-bond donors (Lipinski definition) is 0. The summed E-state index contributed by atoms with van der Waals surface area (Å²) in [6.07, 6.45) is 2.03. The van der Waals surface area contributed by atoms with Crippen molar-refractivity contribution in [1.82, 2.24) is 9.21 Å². The Morgan fingerprint density at radius 2 is 1.88 bits per heavy atom. The molecule has 0 unspecified atom stereocenters. The highest BCUT2D eigenvalue weighted by Crippen LogP contribution is 2.25. The van der Waals surface area contributed by atoms with E-state index in [1.807, 2.05) is 26.0 Å². The molecule has 0 aliphatic carbocycles. The summed E-state index contributed by atoms with van der Waals surface area (Å²) >= 11 is 0. The molecule has 1 aliphatic rings. The van der Waals surface area contributed by atoms with E-state index in [4.69, 9.17) is 0 Å². The quantitative estimate of drug-likeness (QED) is 0.804. The highest BCUT2D eigenvalue weighted by molar-refractivity contribution is 7.89. The second-order valence-electron chi connectivity index (χ2n) is 7.07. The van der Waals surface area contributed by atoms with Crippen molar-refractivity contribution in [2.45, 2.75) is 57.8 Å². The van der Waals surface area contributed by atoms with Crippen LogP contribution in [0.15, 0.2) is 23.1 Å². The average molecular weight is 367 g/mol. The Balaban J connectivity index is 2.23. The molecule has 0 N–H and O–H groups in total. The highest BCUT2D eigenvalue weighted by Gasteiger charge is 2.29. The van der Waals surface area contributed by atoms with Crippen molar-refractivity contribution in [2.75, 3.05) is 26.2 Å². The van der Waals surface area contributed by atoms with E-state index >= 15 is 0 Å². The van der Waals surface area contributed by atoms with Gasteiger partial charge in [0.2, 0.25) is 15.9 Å². The molecule has 0 radical (unpaired) electrons. The van der Waals surface area contributed by atoms with Crippen LogP contribution in [-0.2, 0) is 14.8 Å². The summed E-state index contributed by atoms with van der Waals surface area (Å²) in [6, 6.07) is 5.68. The summed E-state index contributed by atoms with van der Waals surface area (Å²) in [7, 11) is -3.54. The summed E-state index contributed by atoms with van der Waals surface area (Å²) < 4.78 is 27.9. The fourth-order valence-electron chi connectivity index (χ4n) is 3.15. The molecular formula is C19H30N2O3S. The van der Waals surface area contributed by atoms with Crippen LogP contribution in [0.25, 0.3) is 0 Å². The lowest BCUT2D eigenvalue weighted by Crippen LogP contribution is -2.37. The molecule has 0 bridgehead atoms. The molecule has 1 amide bonds. The minimum Gasteiger partial charge on any atom is -0.341 e. The van der Waals surface area contributed by atoms with E-state index in [-0.39, 0.29) is 11.8 Å². The number of carbonyl (C=O) groups is 1. The van der Waals surface area contributed by atoms with Gasteiger partial charge < -0.3 is 4.90 Å². The molecule has 25 heavy (non-hydrogen) atoms. The summed E-state index contributed by atoms with van der Waals surface area (Å²) in [4.78, 5) is 14.3. The van der Waals surface area contributed by atoms with Gasteiger partial charge in [0.15, 0.2) is 0 Å². The molecule has 1 aromatic carbocycles. The van der Waals surface area contributed by atoms with E-state index in [0.29, 0.717) is 43.9 Å². The van der Waals surface area contributed by atoms with Crippen molar-refractivity contribution in [3.8, 4) is 0 Å². The van der Waals surface area contributed by atoms with Gasteiger partial charge in [0.1, 0.15) is 0 Å². The molecule has 5 nitrogen and oxygen atoms in total. The van der Waals surface area contributed by atoms with Gasteiger partial charge in [0.05, 0.1) is 4.90 Å². The largest absolute Gasteiger partial charge is 0.341 e. The molecule has 0 atom stereocenters. The van der Waals surface area contributed by atoms with E-state index in [1.165, 1.54) is 0 Å². The van der Waals surface area contributed by atoms with E-state index in [9.17, 15) is 13.2 Å². The van der Waals surface area contributed by atoms with Gasteiger partial charge in [-0.15, -0.1) is 0 Å².